The molecular weight excluding hydrogens is 430 g/mol. The Morgan fingerprint density at radius 2 is 1.67 bits per heavy atom. The molecule has 3 rings (SSSR count). The Kier molecular flexibility index (Phi) is 8.57. The van der Waals surface area contributed by atoms with Gasteiger partial charge in [-0.1, -0.05) is 44.2 Å². The van der Waals surface area contributed by atoms with E-state index in [1.165, 1.54) is 28.0 Å². The lowest BCUT2D eigenvalue weighted by atomic mass is 9.78. The standard InChI is InChI=1S/C24H29NO2S3/c1-24(2,19-5-9-21(26)10-6-19)20-7-11-22(12-8-20)27-30-17-14-25(13-15-28)18-23-4-3-16-29-23/h3-12,16,26,28H,13-15,17-18H2,1-2H3. The van der Waals surface area contributed by atoms with Gasteiger partial charge in [0.05, 0.1) is 12.0 Å². The van der Waals surface area contributed by atoms with Gasteiger partial charge < -0.3 is 9.29 Å². The van der Waals surface area contributed by atoms with Gasteiger partial charge in [0.15, 0.2) is 0 Å². The Morgan fingerprint density at radius 3 is 2.27 bits per heavy atom. The fraction of sp³-hybridized carbons (Fsp3) is 0.333. The van der Waals surface area contributed by atoms with Gasteiger partial charge in [0, 0.05) is 41.4 Å². The Balaban J connectivity index is 1.50. The summed E-state index contributed by atoms with van der Waals surface area (Å²) in [6.07, 6.45) is 0. The molecule has 160 valence electrons. The highest BCUT2D eigenvalue weighted by Crippen LogP contribution is 2.33. The normalized spacial score (nSPS) is 11.7. The molecule has 0 aliphatic heterocycles. The van der Waals surface area contributed by atoms with Gasteiger partial charge in [-0.15, -0.1) is 11.3 Å². The molecule has 0 atom stereocenters. The number of thiophene rings is 1. The fourth-order valence-corrected chi connectivity index (χ4v) is 4.97. The lowest BCUT2D eigenvalue weighted by Gasteiger charge is -2.26. The third-order valence-electron chi connectivity index (χ3n) is 5.19. The van der Waals surface area contributed by atoms with Gasteiger partial charge in [-0.05, 0) is 46.8 Å². The number of nitrogens with zero attached hydrogens (tertiary/aromatic N) is 1. The highest BCUT2D eigenvalue weighted by Gasteiger charge is 2.23. The summed E-state index contributed by atoms with van der Waals surface area (Å²) in [5.74, 6) is 2.91. The number of rotatable bonds is 11. The molecule has 3 aromatic rings. The summed E-state index contributed by atoms with van der Waals surface area (Å²) in [6.45, 7) is 7.29. The van der Waals surface area contributed by atoms with Crippen molar-refractivity contribution in [2.45, 2.75) is 25.8 Å². The van der Waals surface area contributed by atoms with Crippen molar-refractivity contribution < 1.29 is 9.29 Å². The van der Waals surface area contributed by atoms with Crippen LogP contribution in [0.2, 0.25) is 0 Å². The van der Waals surface area contributed by atoms with Crippen molar-refractivity contribution >= 4 is 36.0 Å². The first-order valence-electron chi connectivity index (χ1n) is 10.0. The van der Waals surface area contributed by atoms with Crippen molar-refractivity contribution in [2.24, 2.45) is 0 Å². The molecule has 0 spiro atoms. The number of hydrogen-bond donors (Lipinski definition) is 2. The second kappa shape index (κ2) is 11.1. The molecule has 1 aromatic heterocycles. The Bertz CT molecular complexity index is 878. The van der Waals surface area contributed by atoms with Gasteiger partial charge in [-0.3, -0.25) is 4.90 Å². The maximum atomic E-state index is 9.53. The van der Waals surface area contributed by atoms with E-state index in [1.807, 2.05) is 24.3 Å². The molecule has 0 aliphatic rings. The molecule has 2 aromatic carbocycles. The Morgan fingerprint density at radius 1 is 1.00 bits per heavy atom. The van der Waals surface area contributed by atoms with Crippen LogP contribution in [0.5, 0.6) is 11.5 Å². The largest absolute Gasteiger partial charge is 0.508 e. The lowest BCUT2D eigenvalue weighted by molar-refractivity contribution is 0.303. The third kappa shape index (κ3) is 6.45. The SMILES string of the molecule is CC(C)(c1ccc(O)cc1)c1ccc(OSCCN(CCS)Cc2cccs2)cc1. The van der Waals surface area contributed by atoms with Crippen LogP contribution in [0.25, 0.3) is 0 Å². The highest BCUT2D eigenvalue weighted by atomic mass is 32.2. The van der Waals surface area contributed by atoms with E-state index < -0.39 is 0 Å². The van der Waals surface area contributed by atoms with Crippen LogP contribution in [0.3, 0.4) is 0 Å². The van der Waals surface area contributed by atoms with Crippen LogP contribution in [-0.2, 0) is 12.0 Å². The van der Waals surface area contributed by atoms with Crippen molar-refractivity contribution in [3.05, 3.63) is 82.0 Å². The van der Waals surface area contributed by atoms with Crippen molar-refractivity contribution in [3.63, 3.8) is 0 Å². The summed E-state index contributed by atoms with van der Waals surface area (Å²) in [7, 11) is 0. The van der Waals surface area contributed by atoms with E-state index in [9.17, 15) is 5.11 Å². The zero-order chi connectivity index (χ0) is 21.4. The first-order valence-corrected chi connectivity index (χ1v) is 12.5. The van der Waals surface area contributed by atoms with Crippen LogP contribution < -0.4 is 4.18 Å². The molecule has 1 heterocycles. The van der Waals surface area contributed by atoms with E-state index in [4.69, 9.17) is 4.18 Å². The van der Waals surface area contributed by atoms with Crippen LogP contribution in [0.4, 0.5) is 0 Å². The molecule has 6 heteroatoms. The average molecular weight is 460 g/mol. The van der Waals surface area contributed by atoms with Gasteiger partial charge in [0.2, 0.25) is 0 Å². The second-order valence-electron chi connectivity index (χ2n) is 7.68. The molecule has 0 fully saturated rings. The third-order valence-corrected chi connectivity index (χ3v) is 6.91. The van der Waals surface area contributed by atoms with Crippen molar-refractivity contribution in [1.29, 1.82) is 0 Å². The molecule has 0 radical (unpaired) electrons. The summed E-state index contributed by atoms with van der Waals surface area (Å²) >= 11 is 7.68. The van der Waals surface area contributed by atoms with E-state index >= 15 is 0 Å². The second-order valence-corrected chi connectivity index (χ2v) is 9.97. The minimum absolute atomic E-state index is 0.144. The topological polar surface area (TPSA) is 32.7 Å². The van der Waals surface area contributed by atoms with E-state index in [-0.39, 0.29) is 5.41 Å². The molecule has 0 saturated carbocycles. The maximum absolute atomic E-state index is 9.53. The number of hydrogen-bond acceptors (Lipinski definition) is 6. The zero-order valence-corrected chi connectivity index (χ0v) is 20.0. The van der Waals surface area contributed by atoms with Gasteiger partial charge in [0.1, 0.15) is 11.5 Å². The molecule has 0 aliphatic carbocycles. The fourth-order valence-electron chi connectivity index (χ4n) is 3.28. The summed E-state index contributed by atoms with van der Waals surface area (Å²) in [6, 6.07) is 20.0. The van der Waals surface area contributed by atoms with Gasteiger partial charge in [-0.2, -0.15) is 12.6 Å². The predicted octanol–water partition coefficient (Wildman–Crippen LogP) is 6.24. The van der Waals surface area contributed by atoms with Gasteiger partial charge >= 0.3 is 0 Å². The number of benzene rings is 2. The van der Waals surface area contributed by atoms with Crippen LogP contribution >= 0.6 is 36.0 Å². The number of phenolic OH excluding ortho intramolecular Hbond substituents is 1. The highest BCUT2D eigenvalue weighted by molar-refractivity contribution is 7.95. The van der Waals surface area contributed by atoms with E-state index in [0.29, 0.717) is 5.75 Å². The molecule has 3 nitrogen and oxygen atoms in total. The van der Waals surface area contributed by atoms with Crippen molar-refractivity contribution in [3.8, 4) is 11.5 Å². The smallest absolute Gasteiger partial charge is 0.137 e. The number of phenols is 1. The summed E-state index contributed by atoms with van der Waals surface area (Å²) < 4.78 is 5.90. The minimum atomic E-state index is -0.144. The van der Waals surface area contributed by atoms with Crippen molar-refractivity contribution in [2.75, 3.05) is 24.6 Å². The minimum Gasteiger partial charge on any atom is -0.508 e. The first-order chi connectivity index (χ1) is 14.5. The maximum Gasteiger partial charge on any atom is 0.137 e. The first kappa shape index (κ1) is 23.1. The predicted molar refractivity (Wildman–Crippen MR) is 133 cm³/mol. The molecular formula is C24H29NO2S3. The Labute approximate surface area is 193 Å². The zero-order valence-electron chi connectivity index (χ0n) is 17.5. The quantitative estimate of drug-likeness (QED) is 0.202. The monoisotopic (exact) mass is 459 g/mol. The lowest BCUT2D eigenvalue weighted by Crippen LogP contribution is -2.27. The molecule has 0 unspecified atom stereocenters. The molecule has 0 bridgehead atoms. The van der Waals surface area contributed by atoms with Crippen LogP contribution in [0.1, 0.15) is 29.9 Å². The number of thiol groups is 1. The van der Waals surface area contributed by atoms with Crippen LogP contribution in [0, 0.1) is 0 Å². The van der Waals surface area contributed by atoms with Crippen LogP contribution in [-0.4, -0.2) is 34.6 Å². The molecule has 1 N–H and O–H groups in total. The van der Waals surface area contributed by atoms with Gasteiger partial charge in [-0.25, -0.2) is 0 Å². The summed E-state index contributed by atoms with van der Waals surface area (Å²) in [5.41, 5.74) is 2.23. The summed E-state index contributed by atoms with van der Waals surface area (Å²) in [5, 5.41) is 11.7. The van der Waals surface area contributed by atoms with E-state index in [0.717, 1.165) is 36.9 Å². The molecule has 0 amide bonds. The van der Waals surface area contributed by atoms with Gasteiger partial charge in [0.25, 0.3) is 0 Å². The van der Waals surface area contributed by atoms with Crippen LogP contribution in [0.15, 0.2) is 66.0 Å². The average Bonchev–Trinajstić information content (AvgIpc) is 3.25. The Hall–Kier alpha value is -1.60. The van der Waals surface area contributed by atoms with E-state index in [2.05, 4.69) is 61.0 Å². The molecule has 30 heavy (non-hydrogen) atoms. The number of aromatic hydroxyl groups is 1. The molecule has 0 saturated heterocycles. The summed E-state index contributed by atoms with van der Waals surface area (Å²) in [4.78, 5) is 3.80. The van der Waals surface area contributed by atoms with E-state index in [1.54, 1.807) is 23.5 Å². The van der Waals surface area contributed by atoms with Crippen molar-refractivity contribution in [1.82, 2.24) is 4.90 Å².